The Balaban J connectivity index is 0.00000312. The Morgan fingerprint density at radius 2 is 1.92 bits per heavy atom. The van der Waals surface area contributed by atoms with Crippen LogP contribution >= 0.6 is 24.8 Å². The molecule has 2 aromatic rings. The first-order valence-electron chi connectivity index (χ1n) is 8.27. The summed E-state index contributed by atoms with van der Waals surface area (Å²) in [7, 11) is 5.37. The summed E-state index contributed by atoms with van der Waals surface area (Å²) in [5.74, 6) is 0.651. The highest BCUT2D eigenvalue weighted by atomic mass is 35.5. The number of methoxy groups -OCH3 is 1. The van der Waals surface area contributed by atoms with E-state index in [9.17, 15) is 4.79 Å². The van der Waals surface area contributed by atoms with E-state index in [4.69, 9.17) is 4.74 Å². The van der Waals surface area contributed by atoms with Crippen LogP contribution in [0.5, 0.6) is 5.88 Å². The molecule has 0 aliphatic carbocycles. The fraction of sp³-hybridized carbons (Fsp3) is 0.588. The quantitative estimate of drug-likeness (QED) is 0.657. The molecule has 26 heavy (non-hydrogen) atoms. The van der Waals surface area contributed by atoms with Gasteiger partial charge in [-0.05, 0) is 51.4 Å². The summed E-state index contributed by atoms with van der Waals surface area (Å²) in [6.45, 7) is 5.62. The van der Waals surface area contributed by atoms with Crippen LogP contribution in [0.1, 0.15) is 29.7 Å². The molecule has 7 nitrogen and oxygen atoms in total. The normalized spacial score (nSPS) is 10.2. The molecule has 0 saturated heterocycles. The lowest BCUT2D eigenvalue weighted by molar-refractivity contribution is -0.121. The van der Waals surface area contributed by atoms with E-state index in [0.29, 0.717) is 25.3 Å². The lowest BCUT2D eigenvalue weighted by atomic mass is 10.00. The number of nitrogens with one attached hydrogen (secondary N) is 2. The Kier molecular flexibility index (Phi) is 10.5. The second kappa shape index (κ2) is 11.2. The molecule has 0 saturated carbocycles. The van der Waals surface area contributed by atoms with E-state index in [2.05, 4.69) is 20.7 Å². The highest BCUT2D eigenvalue weighted by Gasteiger charge is 2.18. The van der Waals surface area contributed by atoms with Crippen molar-refractivity contribution in [3.63, 3.8) is 0 Å². The highest BCUT2D eigenvalue weighted by molar-refractivity contribution is 5.86. The molecule has 0 atom stereocenters. The molecule has 148 valence electrons. The number of aryl methyl sites for hydroxylation is 3. The standard InChI is InChI=1S/C17H27N5O2.2ClH/c1-11-13(7-8-14(23)19-10-6-9-18-3)12(2)20-16-15(11)17(24-5)21-22(16)4;;/h18H,6-10H2,1-5H3,(H,19,23);2*1H. The summed E-state index contributed by atoms with van der Waals surface area (Å²) >= 11 is 0. The maximum absolute atomic E-state index is 12.0. The number of carbonyl (C=O) groups is 1. The number of aromatic nitrogens is 3. The molecule has 2 N–H and O–H groups in total. The number of nitrogens with zero attached hydrogens (tertiary/aromatic N) is 3. The molecule has 0 aliphatic heterocycles. The molecule has 0 spiro atoms. The van der Waals surface area contributed by atoms with E-state index >= 15 is 0 Å². The summed E-state index contributed by atoms with van der Waals surface area (Å²) in [6.07, 6.45) is 2.05. The predicted molar refractivity (Wildman–Crippen MR) is 109 cm³/mol. The van der Waals surface area contributed by atoms with Crippen molar-refractivity contribution in [3.05, 3.63) is 16.8 Å². The van der Waals surface area contributed by atoms with E-state index in [1.807, 2.05) is 27.9 Å². The molecule has 0 aliphatic rings. The maximum atomic E-state index is 12.0. The van der Waals surface area contributed by atoms with Gasteiger partial charge in [-0.3, -0.25) is 4.79 Å². The number of hydrogen-bond donors (Lipinski definition) is 2. The van der Waals surface area contributed by atoms with Crippen molar-refractivity contribution in [2.24, 2.45) is 7.05 Å². The Bertz CT molecular complexity index is 734. The van der Waals surface area contributed by atoms with Crippen LogP contribution in [0.25, 0.3) is 11.0 Å². The summed E-state index contributed by atoms with van der Waals surface area (Å²) < 4.78 is 7.10. The van der Waals surface area contributed by atoms with E-state index in [0.717, 1.165) is 40.8 Å². The number of halogens is 2. The van der Waals surface area contributed by atoms with Gasteiger partial charge in [-0.1, -0.05) is 0 Å². The van der Waals surface area contributed by atoms with Gasteiger partial charge in [0.2, 0.25) is 11.8 Å². The van der Waals surface area contributed by atoms with Crippen LogP contribution < -0.4 is 15.4 Å². The van der Waals surface area contributed by atoms with Crippen LogP contribution in [0, 0.1) is 13.8 Å². The molecular weight excluding hydrogens is 377 g/mol. The van der Waals surface area contributed by atoms with Crippen molar-refractivity contribution in [1.29, 1.82) is 0 Å². The molecular formula is C17H29Cl2N5O2. The SMILES string of the molecule is CNCCCNC(=O)CCc1c(C)nc2c(c(OC)nn2C)c1C.Cl.Cl. The molecule has 2 heterocycles. The van der Waals surface area contributed by atoms with Gasteiger partial charge < -0.3 is 15.4 Å². The van der Waals surface area contributed by atoms with Gasteiger partial charge in [-0.25, -0.2) is 9.67 Å². The van der Waals surface area contributed by atoms with Crippen molar-refractivity contribution >= 4 is 41.8 Å². The Hall–Kier alpha value is -1.57. The van der Waals surface area contributed by atoms with Crippen molar-refractivity contribution in [3.8, 4) is 5.88 Å². The smallest absolute Gasteiger partial charge is 0.242 e. The fourth-order valence-corrected chi connectivity index (χ4v) is 2.93. The zero-order valence-corrected chi connectivity index (χ0v) is 17.6. The third-order valence-electron chi connectivity index (χ3n) is 4.24. The maximum Gasteiger partial charge on any atom is 0.242 e. The zero-order chi connectivity index (χ0) is 17.7. The number of pyridine rings is 1. The third kappa shape index (κ3) is 5.46. The number of ether oxygens (including phenoxy) is 1. The third-order valence-corrected chi connectivity index (χ3v) is 4.24. The van der Waals surface area contributed by atoms with Crippen LogP contribution in [0.15, 0.2) is 0 Å². The largest absolute Gasteiger partial charge is 0.479 e. The summed E-state index contributed by atoms with van der Waals surface area (Å²) in [5, 5.41) is 11.3. The molecule has 0 radical (unpaired) electrons. The van der Waals surface area contributed by atoms with Gasteiger partial charge in [0.1, 0.15) is 0 Å². The van der Waals surface area contributed by atoms with Crippen molar-refractivity contribution in [2.45, 2.75) is 33.1 Å². The minimum atomic E-state index is 0. The Morgan fingerprint density at radius 1 is 1.23 bits per heavy atom. The molecule has 0 unspecified atom stereocenters. The van der Waals surface area contributed by atoms with Crippen LogP contribution in [0.3, 0.4) is 0 Å². The average Bonchev–Trinajstić information content (AvgIpc) is 2.87. The minimum absolute atomic E-state index is 0. The second-order valence-electron chi connectivity index (χ2n) is 5.94. The van der Waals surface area contributed by atoms with Crippen molar-refractivity contribution < 1.29 is 9.53 Å². The van der Waals surface area contributed by atoms with Gasteiger partial charge in [0.25, 0.3) is 0 Å². The van der Waals surface area contributed by atoms with E-state index in [-0.39, 0.29) is 30.7 Å². The van der Waals surface area contributed by atoms with Gasteiger partial charge in [-0.15, -0.1) is 29.9 Å². The van der Waals surface area contributed by atoms with Gasteiger partial charge in [-0.2, -0.15) is 0 Å². The highest BCUT2D eigenvalue weighted by Crippen LogP contribution is 2.30. The zero-order valence-electron chi connectivity index (χ0n) is 16.0. The molecule has 0 aromatic carbocycles. The summed E-state index contributed by atoms with van der Waals surface area (Å²) in [4.78, 5) is 16.6. The van der Waals surface area contributed by atoms with Crippen molar-refractivity contribution in [2.75, 3.05) is 27.2 Å². The molecule has 2 aromatic heterocycles. The number of hydrogen-bond acceptors (Lipinski definition) is 5. The first kappa shape index (κ1) is 24.4. The van der Waals surface area contributed by atoms with Crippen LogP contribution in [-0.4, -0.2) is 47.9 Å². The summed E-state index contributed by atoms with van der Waals surface area (Å²) in [5.41, 5.74) is 3.93. The molecule has 2 rings (SSSR count). The van der Waals surface area contributed by atoms with Gasteiger partial charge in [0.05, 0.1) is 12.5 Å². The van der Waals surface area contributed by atoms with Gasteiger partial charge >= 0.3 is 0 Å². The van der Waals surface area contributed by atoms with Gasteiger partial charge in [0, 0.05) is 25.7 Å². The van der Waals surface area contributed by atoms with E-state index in [1.165, 1.54) is 0 Å². The topological polar surface area (TPSA) is 81.1 Å². The monoisotopic (exact) mass is 405 g/mol. The van der Waals surface area contributed by atoms with Gasteiger partial charge in [0.15, 0.2) is 5.65 Å². The molecule has 0 fully saturated rings. The van der Waals surface area contributed by atoms with Crippen LogP contribution in [0.2, 0.25) is 0 Å². The second-order valence-corrected chi connectivity index (χ2v) is 5.94. The average molecular weight is 406 g/mol. The van der Waals surface area contributed by atoms with Crippen LogP contribution in [0.4, 0.5) is 0 Å². The Morgan fingerprint density at radius 3 is 2.54 bits per heavy atom. The number of carbonyl (C=O) groups excluding carboxylic acids is 1. The minimum Gasteiger partial charge on any atom is -0.479 e. The van der Waals surface area contributed by atoms with Crippen LogP contribution in [-0.2, 0) is 18.3 Å². The van der Waals surface area contributed by atoms with E-state index < -0.39 is 0 Å². The lowest BCUT2D eigenvalue weighted by Gasteiger charge is -2.11. The molecule has 1 amide bonds. The molecule has 9 heteroatoms. The number of amides is 1. The predicted octanol–water partition coefficient (Wildman–Crippen LogP) is 2.10. The first-order chi connectivity index (χ1) is 11.5. The number of fused-ring (bicyclic) bond motifs is 1. The molecule has 0 bridgehead atoms. The lowest BCUT2D eigenvalue weighted by Crippen LogP contribution is -2.26. The fourth-order valence-electron chi connectivity index (χ4n) is 2.93. The first-order valence-corrected chi connectivity index (χ1v) is 8.27. The Labute approximate surface area is 167 Å². The number of rotatable bonds is 8. The summed E-state index contributed by atoms with van der Waals surface area (Å²) in [6, 6.07) is 0. The van der Waals surface area contributed by atoms with E-state index in [1.54, 1.807) is 11.8 Å². The van der Waals surface area contributed by atoms with Crippen molar-refractivity contribution in [1.82, 2.24) is 25.4 Å².